The van der Waals surface area contributed by atoms with Gasteiger partial charge in [-0.05, 0) is 32.0 Å². The van der Waals surface area contributed by atoms with Gasteiger partial charge in [-0.3, -0.25) is 4.79 Å². The highest BCUT2D eigenvalue weighted by Gasteiger charge is 2.34. The molecule has 1 saturated heterocycles. The van der Waals surface area contributed by atoms with Crippen molar-refractivity contribution in [2.24, 2.45) is 0 Å². The molecule has 0 unspecified atom stereocenters. The number of rotatable bonds is 6. The van der Waals surface area contributed by atoms with Crippen LogP contribution in [0.5, 0.6) is 11.5 Å². The van der Waals surface area contributed by atoms with Crippen molar-refractivity contribution in [2.45, 2.75) is 31.5 Å². The Morgan fingerprint density at radius 3 is 2.15 bits per heavy atom. The third kappa shape index (κ3) is 5.11. The summed E-state index contributed by atoms with van der Waals surface area (Å²) in [5.41, 5.74) is 0.756. The van der Waals surface area contributed by atoms with Crippen molar-refractivity contribution in [3.8, 4) is 11.5 Å². The van der Waals surface area contributed by atoms with Crippen molar-refractivity contribution in [1.82, 2.24) is 13.8 Å². The van der Waals surface area contributed by atoms with Gasteiger partial charge in [-0.25, -0.2) is 8.42 Å². The van der Waals surface area contributed by atoms with E-state index in [1.54, 1.807) is 0 Å². The number of aromatic nitrogens is 1. The first-order chi connectivity index (χ1) is 15.4. The number of piperazine rings is 1. The lowest BCUT2D eigenvalue weighted by Gasteiger charge is -2.34. The molecule has 2 heterocycles. The van der Waals surface area contributed by atoms with Gasteiger partial charge in [0.15, 0.2) is 11.5 Å². The molecule has 8 nitrogen and oxygen atoms in total. The standard InChI is InChI=1S/C21H26F3N3O5S/c1-14-11-17(15(2)27(14)13-21(22,23)24)20(28)25-7-9-26(10-8-25)33(29,30)16-5-6-18(31-3)19(12-16)32-4/h5-6,11-12H,7-10,13H2,1-4H3. The van der Waals surface area contributed by atoms with Gasteiger partial charge in [-0.15, -0.1) is 0 Å². The number of benzene rings is 1. The van der Waals surface area contributed by atoms with Crippen LogP contribution in [0.25, 0.3) is 0 Å². The Hall–Kier alpha value is -2.73. The van der Waals surface area contributed by atoms with Gasteiger partial charge in [0.05, 0.1) is 24.7 Å². The Morgan fingerprint density at radius 2 is 1.61 bits per heavy atom. The maximum absolute atomic E-state index is 13.1. The van der Waals surface area contributed by atoms with Crippen molar-refractivity contribution in [2.75, 3.05) is 40.4 Å². The Bertz CT molecular complexity index is 1140. The lowest BCUT2D eigenvalue weighted by atomic mass is 10.2. The molecule has 3 rings (SSSR count). The van der Waals surface area contributed by atoms with E-state index >= 15 is 0 Å². The van der Waals surface area contributed by atoms with Gasteiger partial charge in [0.25, 0.3) is 5.91 Å². The molecule has 1 aromatic heterocycles. The first-order valence-electron chi connectivity index (χ1n) is 10.1. The van der Waals surface area contributed by atoms with Crippen molar-refractivity contribution in [3.63, 3.8) is 0 Å². The summed E-state index contributed by atoms with van der Waals surface area (Å²) in [6.45, 7) is 2.18. The molecule has 0 radical (unpaired) electrons. The molecule has 1 aromatic carbocycles. The molecule has 12 heteroatoms. The molecular formula is C21H26F3N3O5S. The summed E-state index contributed by atoms with van der Waals surface area (Å²) in [5, 5.41) is 0. The zero-order valence-electron chi connectivity index (χ0n) is 18.8. The second kappa shape index (κ2) is 9.26. The summed E-state index contributed by atoms with van der Waals surface area (Å²) in [6, 6.07) is 5.74. The van der Waals surface area contributed by atoms with E-state index in [2.05, 4.69) is 0 Å². The van der Waals surface area contributed by atoms with Gasteiger partial charge >= 0.3 is 6.18 Å². The molecular weight excluding hydrogens is 463 g/mol. The van der Waals surface area contributed by atoms with Crippen molar-refractivity contribution in [1.29, 1.82) is 0 Å². The van der Waals surface area contributed by atoms with E-state index in [-0.39, 0.29) is 48.1 Å². The number of sulfonamides is 1. The van der Waals surface area contributed by atoms with Crippen LogP contribution in [0, 0.1) is 13.8 Å². The van der Waals surface area contributed by atoms with Crippen LogP contribution < -0.4 is 9.47 Å². The number of alkyl halides is 3. The predicted octanol–water partition coefficient (Wildman–Crippen LogP) is 2.83. The zero-order valence-corrected chi connectivity index (χ0v) is 19.6. The molecule has 0 bridgehead atoms. The van der Waals surface area contributed by atoms with Crippen LogP contribution in [0.4, 0.5) is 13.2 Å². The summed E-state index contributed by atoms with van der Waals surface area (Å²) < 4.78 is 77.3. The third-order valence-electron chi connectivity index (χ3n) is 5.66. The lowest BCUT2D eigenvalue weighted by molar-refractivity contribution is -0.141. The number of nitrogens with zero attached hydrogens (tertiary/aromatic N) is 3. The van der Waals surface area contributed by atoms with E-state index in [0.29, 0.717) is 11.4 Å². The molecule has 0 saturated carbocycles. The minimum Gasteiger partial charge on any atom is -0.493 e. The molecule has 33 heavy (non-hydrogen) atoms. The minimum absolute atomic E-state index is 0.0376. The van der Waals surface area contributed by atoms with E-state index in [1.807, 2.05) is 0 Å². The maximum atomic E-state index is 13.1. The Labute approximate surface area is 190 Å². The first-order valence-corrected chi connectivity index (χ1v) is 11.6. The van der Waals surface area contributed by atoms with Crippen LogP contribution in [0.3, 0.4) is 0 Å². The average molecular weight is 490 g/mol. The minimum atomic E-state index is -4.40. The monoisotopic (exact) mass is 489 g/mol. The third-order valence-corrected chi connectivity index (χ3v) is 7.55. The topological polar surface area (TPSA) is 81.1 Å². The number of carbonyl (C=O) groups is 1. The quantitative estimate of drug-likeness (QED) is 0.624. The number of carbonyl (C=O) groups excluding carboxylic acids is 1. The van der Waals surface area contributed by atoms with Gasteiger partial charge in [0.1, 0.15) is 6.54 Å². The van der Waals surface area contributed by atoms with Crippen LogP contribution in [0.15, 0.2) is 29.2 Å². The maximum Gasteiger partial charge on any atom is 0.406 e. The van der Waals surface area contributed by atoms with Crippen LogP contribution in [-0.2, 0) is 16.6 Å². The molecule has 2 aromatic rings. The number of halogens is 3. The number of amides is 1. The van der Waals surface area contributed by atoms with E-state index < -0.39 is 28.7 Å². The molecule has 182 valence electrons. The Balaban J connectivity index is 1.73. The lowest BCUT2D eigenvalue weighted by Crippen LogP contribution is -2.50. The summed E-state index contributed by atoms with van der Waals surface area (Å²) in [4.78, 5) is 14.5. The molecule has 0 spiro atoms. The number of aryl methyl sites for hydroxylation is 1. The number of methoxy groups -OCH3 is 2. The average Bonchev–Trinajstić information content (AvgIpc) is 3.05. The highest BCUT2D eigenvalue weighted by Crippen LogP contribution is 2.31. The summed E-state index contributed by atoms with van der Waals surface area (Å²) in [6.07, 6.45) is -4.40. The predicted molar refractivity (Wildman–Crippen MR) is 114 cm³/mol. The fraction of sp³-hybridized carbons (Fsp3) is 0.476. The van der Waals surface area contributed by atoms with Gasteiger partial charge in [-0.2, -0.15) is 17.5 Å². The van der Waals surface area contributed by atoms with Crippen molar-refractivity contribution >= 4 is 15.9 Å². The fourth-order valence-electron chi connectivity index (χ4n) is 3.87. The number of hydrogen-bond acceptors (Lipinski definition) is 5. The summed E-state index contributed by atoms with van der Waals surface area (Å²) in [7, 11) is -0.979. The second-order valence-electron chi connectivity index (χ2n) is 7.70. The van der Waals surface area contributed by atoms with Crippen molar-refractivity contribution < 1.29 is 35.9 Å². The molecule has 0 atom stereocenters. The van der Waals surface area contributed by atoms with E-state index in [0.717, 1.165) is 4.57 Å². The van der Waals surface area contributed by atoms with Gasteiger partial charge in [0, 0.05) is 43.6 Å². The van der Waals surface area contributed by atoms with Crippen LogP contribution in [-0.4, -0.2) is 74.7 Å². The normalized spacial score (nSPS) is 15.5. The van der Waals surface area contributed by atoms with Gasteiger partial charge < -0.3 is 18.9 Å². The Morgan fingerprint density at radius 1 is 1.00 bits per heavy atom. The van der Waals surface area contributed by atoms with Gasteiger partial charge in [0.2, 0.25) is 10.0 Å². The Kier molecular flexibility index (Phi) is 6.99. The second-order valence-corrected chi connectivity index (χ2v) is 9.64. The highest BCUT2D eigenvalue weighted by molar-refractivity contribution is 7.89. The van der Waals surface area contributed by atoms with E-state index in [9.17, 15) is 26.4 Å². The smallest absolute Gasteiger partial charge is 0.406 e. The largest absolute Gasteiger partial charge is 0.493 e. The molecule has 1 aliphatic rings. The summed E-state index contributed by atoms with van der Waals surface area (Å²) >= 11 is 0. The van der Waals surface area contributed by atoms with E-state index in [1.165, 1.54) is 61.5 Å². The fourth-order valence-corrected chi connectivity index (χ4v) is 5.31. The zero-order chi connectivity index (χ0) is 24.6. The molecule has 0 N–H and O–H groups in total. The van der Waals surface area contributed by atoms with E-state index in [4.69, 9.17) is 9.47 Å². The molecule has 1 fully saturated rings. The van der Waals surface area contributed by atoms with Crippen LogP contribution in [0.2, 0.25) is 0 Å². The number of ether oxygens (including phenoxy) is 2. The molecule has 0 aliphatic carbocycles. The van der Waals surface area contributed by atoms with Gasteiger partial charge in [-0.1, -0.05) is 0 Å². The van der Waals surface area contributed by atoms with Crippen LogP contribution in [0.1, 0.15) is 21.7 Å². The molecule has 1 aliphatic heterocycles. The first kappa shape index (κ1) is 24.9. The highest BCUT2D eigenvalue weighted by atomic mass is 32.2. The summed E-state index contributed by atoms with van der Waals surface area (Å²) in [5.74, 6) is 0.260. The molecule has 1 amide bonds. The number of hydrogen-bond donors (Lipinski definition) is 0. The SMILES string of the molecule is COc1ccc(S(=O)(=O)N2CCN(C(=O)c3cc(C)n(CC(F)(F)F)c3C)CC2)cc1OC. The van der Waals surface area contributed by atoms with Crippen LogP contribution >= 0.6 is 0 Å². The van der Waals surface area contributed by atoms with Crippen molar-refractivity contribution in [3.05, 3.63) is 41.2 Å².